The van der Waals surface area contributed by atoms with E-state index in [-0.39, 0.29) is 5.91 Å². The molecule has 0 unspecified atom stereocenters. The number of hydrogen-bond donors (Lipinski definition) is 2. The van der Waals surface area contributed by atoms with E-state index in [2.05, 4.69) is 21.7 Å². The normalized spacial score (nSPS) is 14.0. The Hall–Kier alpha value is -3.39. The van der Waals surface area contributed by atoms with Gasteiger partial charge in [-0.1, -0.05) is 41.9 Å². The van der Waals surface area contributed by atoms with Gasteiger partial charge in [-0.05, 0) is 42.5 Å². The van der Waals surface area contributed by atoms with Gasteiger partial charge in [0.25, 0.3) is 0 Å². The molecule has 0 radical (unpaired) electrons. The summed E-state index contributed by atoms with van der Waals surface area (Å²) >= 11 is 6.18. The number of carboxylic acids is 2. The lowest BCUT2D eigenvalue weighted by molar-refractivity contribution is -0.159. The van der Waals surface area contributed by atoms with Crippen molar-refractivity contribution in [2.75, 3.05) is 13.1 Å². The van der Waals surface area contributed by atoms with Gasteiger partial charge in [0.1, 0.15) is 0 Å². The summed E-state index contributed by atoms with van der Waals surface area (Å²) in [4.78, 5) is 37.2. The first-order chi connectivity index (χ1) is 15.3. The van der Waals surface area contributed by atoms with E-state index in [4.69, 9.17) is 31.4 Å². The molecule has 4 rings (SSSR count). The fourth-order valence-electron chi connectivity index (χ4n) is 3.72. The van der Waals surface area contributed by atoms with E-state index >= 15 is 0 Å². The molecule has 3 aromatic rings. The second-order valence-corrected chi connectivity index (χ2v) is 8.00. The molecule has 1 fully saturated rings. The largest absolute Gasteiger partial charge is 0.473 e. The Morgan fingerprint density at radius 1 is 0.969 bits per heavy atom. The average molecular weight is 458 g/mol. The van der Waals surface area contributed by atoms with Crippen LogP contribution in [0.3, 0.4) is 0 Å². The van der Waals surface area contributed by atoms with E-state index in [0.717, 1.165) is 43.6 Å². The number of halogens is 1. The lowest BCUT2D eigenvalue weighted by atomic mass is 9.96. The van der Waals surface area contributed by atoms with Gasteiger partial charge in [0.15, 0.2) is 0 Å². The summed E-state index contributed by atoms with van der Waals surface area (Å²) in [5.74, 6) is -2.90. The van der Waals surface area contributed by atoms with E-state index in [0.29, 0.717) is 17.4 Å². The van der Waals surface area contributed by atoms with Gasteiger partial charge in [0.05, 0.1) is 23.8 Å². The van der Waals surface area contributed by atoms with Gasteiger partial charge < -0.3 is 19.7 Å². The van der Waals surface area contributed by atoms with Crippen molar-refractivity contribution in [1.29, 1.82) is 0 Å². The van der Waals surface area contributed by atoms with Crippen LogP contribution >= 0.6 is 11.6 Å². The zero-order valence-corrected chi connectivity index (χ0v) is 18.1. The summed E-state index contributed by atoms with van der Waals surface area (Å²) in [6, 6.07) is 15.8. The second kappa shape index (κ2) is 10.8. The third-order valence-corrected chi connectivity index (χ3v) is 5.80. The molecule has 8 nitrogen and oxygen atoms in total. The Bertz CT molecular complexity index is 1090. The molecule has 1 aliphatic heterocycles. The van der Waals surface area contributed by atoms with Crippen LogP contribution in [-0.2, 0) is 27.3 Å². The minimum atomic E-state index is -1.82. The van der Waals surface area contributed by atoms with Crippen molar-refractivity contribution in [3.8, 4) is 0 Å². The topological polar surface area (TPSA) is 113 Å². The molecule has 2 heterocycles. The van der Waals surface area contributed by atoms with Crippen LogP contribution in [0, 0.1) is 5.92 Å². The first-order valence-corrected chi connectivity index (χ1v) is 10.6. The zero-order valence-electron chi connectivity index (χ0n) is 17.4. The first-order valence-electron chi connectivity index (χ1n) is 10.2. The van der Waals surface area contributed by atoms with Crippen molar-refractivity contribution in [3.05, 3.63) is 65.4 Å². The van der Waals surface area contributed by atoms with E-state index in [9.17, 15) is 4.79 Å². The number of fused-ring (bicyclic) bond motifs is 1. The molecule has 168 valence electrons. The third kappa shape index (κ3) is 6.07. The number of amides is 1. The second-order valence-electron chi connectivity index (χ2n) is 7.59. The van der Waals surface area contributed by atoms with Crippen LogP contribution in [0.2, 0.25) is 5.02 Å². The highest BCUT2D eigenvalue weighted by Gasteiger charge is 2.23. The lowest BCUT2D eigenvalue weighted by Crippen LogP contribution is -2.40. The standard InChI is InChI=1S/C21H22ClN3O.C2H2O4/c22-18-6-2-1-5-17(18)13-21(26)24-11-9-16(10-12-24)14-25-15-23-19-7-3-4-8-20(19)25;3-1(4)2(5)6/h1-8,15-16H,9-14H2;(H,3,4)(H,5,6). The summed E-state index contributed by atoms with van der Waals surface area (Å²) in [6.07, 6.45) is 4.37. The van der Waals surface area contributed by atoms with Crippen LogP contribution in [0.15, 0.2) is 54.9 Å². The summed E-state index contributed by atoms with van der Waals surface area (Å²) in [7, 11) is 0. The zero-order chi connectivity index (χ0) is 23.1. The molecule has 0 aliphatic carbocycles. The molecular formula is C23H24ClN3O5. The molecule has 32 heavy (non-hydrogen) atoms. The Labute approximate surface area is 190 Å². The number of rotatable bonds is 4. The van der Waals surface area contributed by atoms with Gasteiger partial charge in [-0.3, -0.25) is 4.79 Å². The quantitative estimate of drug-likeness (QED) is 0.581. The predicted octanol–water partition coefficient (Wildman–Crippen LogP) is 3.33. The molecule has 9 heteroatoms. The van der Waals surface area contributed by atoms with Gasteiger partial charge in [-0.15, -0.1) is 0 Å². The molecular weight excluding hydrogens is 434 g/mol. The molecule has 1 saturated heterocycles. The fraction of sp³-hybridized carbons (Fsp3) is 0.304. The number of imidazole rings is 1. The van der Waals surface area contributed by atoms with Crippen molar-refractivity contribution >= 4 is 40.5 Å². The molecule has 0 atom stereocenters. The number of carbonyl (C=O) groups excluding carboxylic acids is 1. The summed E-state index contributed by atoms with van der Waals surface area (Å²) in [5, 5.41) is 15.5. The van der Waals surface area contributed by atoms with Crippen molar-refractivity contribution in [3.63, 3.8) is 0 Å². The Kier molecular flexibility index (Phi) is 7.83. The average Bonchev–Trinajstić information content (AvgIpc) is 3.19. The summed E-state index contributed by atoms with van der Waals surface area (Å²) in [5.41, 5.74) is 3.13. The Morgan fingerprint density at radius 3 is 2.25 bits per heavy atom. The van der Waals surface area contributed by atoms with Crippen LogP contribution in [-0.4, -0.2) is 55.6 Å². The number of aromatic nitrogens is 2. The van der Waals surface area contributed by atoms with Crippen LogP contribution < -0.4 is 0 Å². The molecule has 1 aromatic heterocycles. The number of aliphatic carboxylic acids is 2. The Morgan fingerprint density at radius 2 is 1.59 bits per heavy atom. The van der Waals surface area contributed by atoms with Crippen LogP contribution in [0.1, 0.15) is 18.4 Å². The number of carbonyl (C=O) groups is 3. The molecule has 0 saturated carbocycles. The molecule has 1 aliphatic rings. The maximum absolute atomic E-state index is 12.6. The highest BCUT2D eigenvalue weighted by molar-refractivity contribution is 6.31. The van der Waals surface area contributed by atoms with Gasteiger partial charge >= 0.3 is 11.9 Å². The van der Waals surface area contributed by atoms with Gasteiger partial charge in [-0.25, -0.2) is 14.6 Å². The van der Waals surface area contributed by atoms with Crippen molar-refractivity contribution in [1.82, 2.24) is 14.5 Å². The SMILES string of the molecule is O=C(Cc1ccccc1Cl)N1CCC(Cn2cnc3ccccc32)CC1.O=C(O)C(=O)O. The number of likely N-dealkylation sites (tertiary alicyclic amines) is 1. The van der Waals surface area contributed by atoms with E-state index in [1.807, 2.05) is 47.6 Å². The predicted molar refractivity (Wildman–Crippen MR) is 119 cm³/mol. The molecule has 2 aromatic carbocycles. The van der Waals surface area contributed by atoms with E-state index in [1.165, 1.54) is 5.52 Å². The molecule has 0 bridgehead atoms. The van der Waals surface area contributed by atoms with Crippen molar-refractivity contribution < 1.29 is 24.6 Å². The molecule has 0 spiro atoms. The number of para-hydroxylation sites is 2. The van der Waals surface area contributed by atoms with Gasteiger partial charge in [-0.2, -0.15) is 0 Å². The number of nitrogens with zero attached hydrogens (tertiary/aromatic N) is 3. The van der Waals surface area contributed by atoms with Gasteiger partial charge in [0.2, 0.25) is 5.91 Å². The maximum atomic E-state index is 12.6. The van der Waals surface area contributed by atoms with Gasteiger partial charge in [0, 0.05) is 24.7 Å². The minimum absolute atomic E-state index is 0.171. The first kappa shape index (κ1) is 23.3. The lowest BCUT2D eigenvalue weighted by Gasteiger charge is -2.32. The third-order valence-electron chi connectivity index (χ3n) is 5.43. The van der Waals surface area contributed by atoms with E-state index in [1.54, 1.807) is 0 Å². The van der Waals surface area contributed by atoms with Crippen LogP contribution in [0.4, 0.5) is 0 Å². The number of benzene rings is 2. The highest BCUT2D eigenvalue weighted by atomic mass is 35.5. The van der Waals surface area contributed by atoms with Crippen LogP contribution in [0.25, 0.3) is 11.0 Å². The number of hydrogen-bond acceptors (Lipinski definition) is 4. The van der Waals surface area contributed by atoms with Crippen LogP contribution in [0.5, 0.6) is 0 Å². The van der Waals surface area contributed by atoms with E-state index < -0.39 is 11.9 Å². The summed E-state index contributed by atoms with van der Waals surface area (Å²) < 4.78 is 2.24. The molecule has 1 amide bonds. The summed E-state index contributed by atoms with van der Waals surface area (Å²) in [6.45, 7) is 2.61. The smallest absolute Gasteiger partial charge is 0.414 e. The minimum Gasteiger partial charge on any atom is -0.473 e. The highest BCUT2D eigenvalue weighted by Crippen LogP contribution is 2.23. The monoisotopic (exact) mass is 457 g/mol. The molecule has 2 N–H and O–H groups in total. The number of carboxylic acid groups (broad SMARTS) is 2. The fourth-order valence-corrected chi connectivity index (χ4v) is 3.92. The Balaban J connectivity index is 0.000000427. The van der Waals surface area contributed by atoms with Crippen molar-refractivity contribution in [2.45, 2.75) is 25.8 Å². The maximum Gasteiger partial charge on any atom is 0.414 e. The van der Waals surface area contributed by atoms with Crippen molar-refractivity contribution in [2.24, 2.45) is 5.92 Å². The number of piperidine rings is 1.